The fourth-order valence-corrected chi connectivity index (χ4v) is 7.83. The lowest BCUT2D eigenvalue weighted by atomic mass is 9.38. The maximum Gasteiger partial charge on any atom is 0.165 e. The minimum atomic E-state index is -0.620. The number of aromatic hydroxyl groups is 1. The number of hydrogen-bond acceptors (Lipinski definition) is 5. The number of likely N-dealkylation sites (tertiary alicyclic amines) is 1. The quantitative estimate of drug-likeness (QED) is 0.786. The Kier molecular flexibility index (Phi) is 2.77. The standard InChI is InChI=1S/C23H28N2O3/c1-27-23-7-6-21(11-16(23)24)17-10-14-4-5-15(26)19-18(14)22(21,20(23)28-19)8-9-25(17)12-13-2-3-13/h4-7,13,16-17,20,26H,2-3,8-12,24H2,1H3/t16-,17+,20+,21+,22-,23+/m0/s1. The summed E-state index contributed by atoms with van der Waals surface area (Å²) in [7, 11) is 1.76. The van der Waals surface area contributed by atoms with Crippen LogP contribution in [0.15, 0.2) is 24.3 Å². The molecule has 3 N–H and O–H groups in total. The zero-order valence-electron chi connectivity index (χ0n) is 16.4. The van der Waals surface area contributed by atoms with Gasteiger partial charge in [-0.25, -0.2) is 0 Å². The number of piperidine rings is 1. The molecule has 2 spiro atoms. The van der Waals surface area contributed by atoms with Gasteiger partial charge in [-0.15, -0.1) is 0 Å². The van der Waals surface area contributed by atoms with Crippen LogP contribution in [0, 0.1) is 11.3 Å². The number of phenolic OH excluding ortho intramolecular Hbond substituents is 1. The molecule has 0 aromatic heterocycles. The van der Waals surface area contributed by atoms with Crippen LogP contribution in [0.25, 0.3) is 0 Å². The topological polar surface area (TPSA) is 68.0 Å². The van der Waals surface area contributed by atoms with Crippen molar-refractivity contribution in [3.8, 4) is 11.5 Å². The van der Waals surface area contributed by atoms with E-state index in [0.717, 1.165) is 31.7 Å². The van der Waals surface area contributed by atoms with Crippen LogP contribution in [0.2, 0.25) is 0 Å². The number of nitrogens with zero attached hydrogens (tertiary/aromatic N) is 1. The van der Waals surface area contributed by atoms with E-state index in [9.17, 15) is 5.11 Å². The summed E-state index contributed by atoms with van der Waals surface area (Å²) in [6, 6.07) is 4.30. The van der Waals surface area contributed by atoms with E-state index in [2.05, 4.69) is 23.1 Å². The highest BCUT2D eigenvalue weighted by Gasteiger charge is 2.78. The van der Waals surface area contributed by atoms with Crippen molar-refractivity contribution < 1.29 is 14.6 Å². The highest BCUT2D eigenvalue weighted by Crippen LogP contribution is 2.73. The minimum absolute atomic E-state index is 0.0312. The van der Waals surface area contributed by atoms with Crippen LogP contribution < -0.4 is 10.5 Å². The molecule has 0 amide bonds. The fraction of sp³-hybridized carbons (Fsp3) is 0.652. The number of phenols is 1. The average molecular weight is 380 g/mol. The molecule has 0 radical (unpaired) electrons. The van der Waals surface area contributed by atoms with Gasteiger partial charge >= 0.3 is 0 Å². The first-order chi connectivity index (χ1) is 13.6. The van der Waals surface area contributed by atoms with Crippen LogP contribution in [-0.2, 0) is 16.6 Å². The predicted molar refractivity (Wildman–Crippen MR) is 105 cm³/mol. The van der Waals surface area contributed by atoms with Gasteiger partial charge in [0.05, 0.1) is 5.41 Å². The summed E-state index contributed by atoms with van der Waals surface area (Å²) in [4.78, 5) is 2.76. The Morgan fingerprint density at radius 2 is 2.18 bits per heavy atom. The van der Waals surface area contributed by atoms with E-state index < -0.39 is 5.60 Å². The Labute approximate surface area is 165 Å². The molecular formula is C23H28N2O3. The number of rotatable bonds is 3. The summed E-state index contributed by atoms with van der Waals surface area (Å²) >= 11 is 0. The maximum atomic E-state index is 10.7. The van der Waals surface area contributed by atoms with E-state index in [0.29, 0.717) is 11.8 Å². The van der Waals surface area contributed by atoms with Crippen molar-refractivity contribution in [3.63, 3.8) is 0 Å². The Bertz CT molecular complexity index is 927. The Hall–Kier alpha value is -1.56. The molecule has 6 atom stereocenters. The largest absolute Gasteiger partial charge is 0.504 e. The lowest BCUT2D eigenvalue weighted by Crippen LogP contribution is -2.81. The highest BCUT2D eigenvalue weighted by molar-refractivity contribution is 5.65. The molecule has 1 aromatic carbocycles. The molecule has 28 heavy (non-hydrogen) atoms. The minimum Gasteiger partial charge on any atom is -0.504 e. The summed E-state index contributed by atoms with van der Waals surface area (Å²) in [5.41, 5.74) is 8.62. The van der Waals surface area contributed by atoms with Crippen molar-refractivity contribution in [1.82, 2.24) is 4.90 Å². The van der Waals surface area contributed by atoms with E-state index in [1.165, 1.54) is 30.5 Å². The molecule has 2 saturated carbocycles. The molecule has 5 aliphatic carbocycles. The van der Waals surface area contributed by atoms with Gasteiger partial charge in [0.25, 0.3) is 0 Å². The zero-order chi connectivity index (χ0) is 18.9. The second kappa shape index (κ2) is 4.77. The second-order valence-electron chi connectivity index (χ2n) is 10.1. The van der Waals surface area contributed by atoms with Crippen LogP contribution in [-0.4, -0.2) is 54.0 Å². The van der Waals surface area contributed by atoms with Gasteiger partial charge in [-0.1, -0.05) is 18.2 Å². The molecule has 0 unspecified atom stereocenters. The normalized spacial score (nSPS) is 47.1. The summed E-state index contributed by atoms with van der Waals surface area (Å²) in [5, 5.41) is 10.7. The number of benzene rings is 1. The Morgan fingerprint density at radius 3 is 2.93 bits per heavy atom. The van der Waals surface area contributed by atoms with Gasteiger partial charge in [-0.2, -0.15) is 0 Å². The van der Waals surface area contributed by atoms with Crippen molar-refractivity contribution in [3.05, 3.63) is 35.4 Å². The molecule has 3 fully saturated rings. The van der Waals surface area contributed by atoms with E-state index in [-0.39, 0.29) is 28.7 Å². The summed E-state index contributed by atoms with van der Waals surface area (Å²) < 4.78 is 12.7. The first kappa shape index (κ1) is 16.3. The van der Waals surface area contributed by atoms with Crippen molar-refractivity contribution in [2.24, 2.45) is 17.1 Å². The molecule has 5 heteroatoms. The molecule has 2 aliphatic heterocycles. The van der Waals surface area contributed by atoms with Gasteiger partial charge in [0.15, 0.2) is 11.5 Å². The average Bonchev–Trinajstić information content (AvgIpc) is 3.43. The van der Waals surface area contributed by atoms with E-state index >= 15 is 0 Å². The third kappa shape index (κ3) is 1.51. The third-order valence-electron chi connectivity index (χ3n) is 9.16. The molecule has 7 aliphatic rings. The molecule has 8 rings (SSSR count). The van der Waals surface area contributed by atoms with E-state index in [1.54, 1.807) is 7.11 Å². The third-order valence-corrected chi connectivity index (χ3v) is 9.16. The van der Waals surface area contributed by atoms with E-state index in [4.69, 9.17) is 15.2 Å². The van der Waals surface area contributed by atoms with Gasteiger partial charge in [0, 0.05) is 36.7 Å². The monoisotopic (exact) mass is 380 g/mol. The molecule has 148 valence electrons. The van der Waals surface area contributed by atoms with E-state index in [1.807, 2.05) is 6.07 Å². The molecule has 5 nitrogen and oxygen atoms in total. The Morgan fingerprint density at radius 1 is 1.32 bits per heavy atom. The first-order valence-electron chi connectivity index (χ1n) is 10.8. The number of methoxy groups -OCH3 is 1. The van der Waals surface area contributed by atoms with Crippen LogP contribution in [0.5, 0.6) is 11.5 Å². The van der Waals surface area contributed by atoms with Crippen molar-refractivity contribution in [1.29, 1.82) is 0 Å². The summed E-state index contributed by atoms with van der Waals surface area (Å²) in [5.74, 6) is 1.83. The van der Waals surface area contributed by atoms with Gasteiger partial charge in [0.2, 0.25) is 0 Å². The molecular weight excluding hydrogens is 352 g/mol. The molecule has 2 heterocycles. The molecule has 1 saturated heterocycles. The van der Waals surface area contributed by atoms with Crippen LogP contribution in [0.1, 0.15) is 36.8 Å². The van der Waals surface area contributed by atoms with Gasteiger partial charge in [-0.3, -0.25) is 4.90 Å². The first-order valence-corrected chi connectivity index (χ1v) is 10.8. The van der Waals surface area contributed by atoms with Gasteiger partial charge in [-0.05, 0) is 56.2 Å². The Balaban J connectivity index is 1.51. The lowest BCUT2D eigenvalue weighted by Gasteiger charge is -2.71. The number of fused-ring (bicyclic) bond motifs is 1. The number of nitrogens with two attached hydrogens (primary N) is 1. The van der Waals surface area contributed by atoms with Crippen molar-refractivity contribution in [2.45, 2.75) is 61.3 Å². The van der Waals surface area contributed by atoms with Crippen LogP contribution in [0.3, 0.4) is 0 Å². The molecule has 4 bridgehead atoms. The van der Waals surface area contributed by atoms with Crippen LogP contribution in [0.4, 0.5) is 0 Å². The lowest BCUT2D eigenvalue weighted by molar-refractivity contribution is -0.197. The van der Waals surface area contributed by atoms with Gasteiger partial charge in [0.1, 0.15) is 11.7 Å². The summed E-state index contributed by atoms with van der Waals surface area (Å²) in [6.07, 6.45) is 10.3. The van der Waals surface area contributed by atoms with Crippen LogP contribution >= 0.6 is 0 Å². The highest BCUT2D eigenvalue weighted by atomic mass is 16.6. The number of hydrogen-bond donors (Lipinski definition) is 2. The SMILES string of the molecule is CO[C@]12C=C[C@@]3(C[C@@H]1N)[C@H]1Cc4ccc(O)c5c4[C@@]3(CCN1CC1CC1)[C@H]2O5. The summed E-state index contributed by atoms with van der Waals surface area (Å²) in [6.45, 7) is 2.31. The van der Waals surface area contributed by atoms with Crippen molar-refractivity contribution >= 4 is 0 Å². The second-order valence-corrected chi connectivity index (χ2v) is 10.1. The number of ether oxygens (including phenoxy) is 2. The molecule has 1 aromatic rings. The smallest absolute Gasteiger partial charge is 0.165 e. The fourth-order valence-electron chi connectivity index (χ4n) is 7.83. The van der Waals surface area contributed by atoms with Gasteiger partial charge < -0.3 is 20.3 Å². The van der Waals surface area contributed by atoms with Crippen molar-refractivity contribution in [2.75, 3.05) is 20.2 Å². The maximum absolute atomic E-state index is 10.7. The zero-order valence-corrected chi connectivity index (χ0v) is 16.4. The predicted octanol–water partition coefficient (Wildman–Crippen LogP) is 2.10.